The molecule has 4 nitrogen and oxygen atoms in total. The van der Waals surface area contributed by atoms with Gasteiger partial charge in [-0.1, -0.05) is 26.1 Å². The molecule has 18 heavy (non-hydrogen) atoms. The molecule has 0 aromatic rings. The lowest BCUT2D eigenvalue weighted by molar-refractivity contribution is -0.131. The van der Waals surface area contributed by atoms with Crippen molar-refractivity contribution >= 4 is 23.1 Å². The van der Waals surface area contributed by atoms with Crippen LogP contribution in [-0.2, 0) is 4.79 Å². The molecule has 0 saturated heterocycles. The smallest absolute Gasteiger partial charge is 0.236 e. The van der Waals surface area contributed by atoms with Crippen LogP contribution in [-0.4, -0.2) is 53.4 Å². The number of rotatable bonds is 8. The van der Waals surface area contributed by atoms with Crippen molar-refractivity contribution in [2.45, 2.75) is 39.2 Å². The number of nitrogens with zero attached hydrogens (tertiary/aromatic N) is 2. The maximum absolute atomic E-state index is 12.1. The fraction of sp³-hybridized carbons (Fsp3) is 0.846. The third kappa shape index (κ3) is 5.78. The molecule has 0 aromatic carbocycles. The Bertz CT molecular complexity index is 303. The van der Waals surface area contributed by atoms with Gasteiger partial charge in [-0.25, -0.2) is 0 Å². The molecule has 1 saturated carbocycles. The summed E-state index contributed by atoms with van der Waals surface area (Å²) in [5.41, 5.74) is 5.53. The molecule has 1 aliphatic rings. The molecule has 0 heterocycles. The SMILES string of the molecule is CC(C)CN(CCC(N)=S)CC(=O)N(C)C1CC1. The van der Waals surface area contributed by atoms with Crippen LogP contribution in [0.1, 0.15) is 33.1 Å². The van der Waals surface area contributed by atoms with Gasteiger partial charge in [-0.15, -0.1) is 0 Å². The zero-order chi connectivity index (χ0) is 13.7. The van der Waals surface area contributed by atoms with E-state index in [1.165, 1.54) is 0 Å². The Morgan fingerprint density at radius 2 is 2.06 bits per heavy atom. The molecule has 1 aliphatic carbocycles. The number of carbonyl (C=O) groups is 1. The van der Waals surface area contributed by atoms with Gasteiger partial charge in [-0.05, 0) is 18.8 Å². The zero-order valence-corrected chi connectivity index (χ0v) is 12.5. The van der Waals surface area contributed by atoms with Crippen LogP contribution < -0.4 is 5.73 Å². The van der Waals surface area contributed by atoms with Crippen molar-refractivity contribution in [1.29, 1.82) is 0 Å². The lowest BCUT2D eigenvalue weighted by Gasteiger charge is -2.26. The van der Waals surface area contributed by atoms with Gasteiger partial charge in [0.25, 0.3) is 0 Å². The minimum absolute atomic E-state index is 0.209. The van der Waals surface area contributed by atoms with Crippen LogP contribution in [0.5, 0.6) is 0 Å². The summed E-state index contributed by atoms with van der Waals surface area (Å²) in [5, 5.41) is 0. The highest BCUT2D eigenvalue weighted by Gasteiger charge is 2.30. The summed E-state index contributed by atoms with van der Waals surface area (Å²) >= 11 is 4.90. The van der Waals surface area contributed by atoms with E-state index < -0.39 is 0 Å². The van der Waals surface area contributed by atoms with E-state index in [1.54, 1.807) is 0 Å². The molecule has 0 aromatic heterocycles. The molecule has 104 valence electrons. The fourth-order valence-corrected chi connectivity index (χ4v) is 2.08. The first-order valence-electron chi connectivity index (χ1n) is 6.66. The van der Waals surface area contributed by atoms with Crippen LogP contribution in [0.25, 0.3) is 0 Å². The second-order valence-electron chi connectivity index (χ2n) is 5.58. The summed E-state index contributed by atoms with van der Waals surface area (Å²) in [6, 6.07) is 0.481. The Labute approximate surface area is 115 Å². The summed E-state index contributed by atoms with van der Waals surface area (Å²) in [6.07, 6.45) is 2.99. The van der Waals surface area contributed by atoms with E-state index >= 15 is 0 Å². The standard InChI is InChI=1S/C13H25N3OS/c1-10(2)8-16(7-6-12(14)18)9-13(17)15(3)11-4-5-11/h10-11H,4-9H2,1-3H3,(H2,14,18). The van der Waals surface area contributed by atoms with E-state index in [-0.39, 0.29) is 5.91 Å². The first-order valence-corrected chi connectivity index (χ1v) is 7.07. The summed E-state index contributed by atoms with van der Waals surface area (Å²) in [4.78, 5) is 16.6. The molecule has 1 amide bonds. The average molecular weight is 271 g/mol. The molecular formula is C13H25N3OS. The Hall–Kier alpha value is -0.680. The summed E-state index contributed by atoms with van der Waals surface area (Å²) < 4.78 is 0. The first kappa shape index (κ1) is 15.4. The number of thiocarbonyl (C=S) groups is 1. The van der Waals surface area contributed by atoms with Crippen molar-refractivity contribution in [2.24, 2.45) is 11.7 Å². The first-order chi connectivity index (χ1) is 8.40. The fourth-order valence-electron chi connectivity index (χ4n) is 1.99. The number of hydrogen-bond donors (Lipinski definition) is 1. The van der Waals surface area contributed by atoms with E-state index in [1.807, 2.05) is 11.9 Å². The van der Waals surface area contributed by atoms with Crippen molar-refractivity contribution < 1.29 is 4.79 Å². The van der Waals surface area contributed by atoms with Crippen molar-refractivity contribution in [3.63, 3.8) is 0 Å². The quantitative estimate of drug-likeness (QED) is 0.675. The van der Waals surface area contributed by atoms with E-state index in [2.05, 4.69) is 18.7 Å². The van der Waals surface area contributed by atoms with E-state index in [9.17, 15) is 4.79 Å². The molecule has 0 bridgehead atoms. The number of nitrogens with two attached hydrogens (primary N) is 1. The van der Waals surface area contributed by atoms with Gasteiger partial charge >= 0.3 is 0 Å². The van der Waals surface area contributed by atoms with Gasteiger partial charge in [0.2, 0.25) is 5.91 Å². The van der Waals surface area contributed by atoms with Gasteiger partial charge in [0.05, 0.1) is 11.5 Å². The van der Waals surface area contributed by atoms with E-state index in [0.29, 0.717) is 29.9 Å². The van der Waals surface area contributed by atoms with Crippen molar-refractivity contribution in [1.82, 2.24) is 9.80 Å². The van der Waals surface area contributed by atoms with Gasteiger partial charge in [0.1, 0.15) is 0 Å². The van der Waals surface area contributed by atoms with Gasteiger partial charge in [-0.3, -0.25) is 9.69 Å². The highest BCUT2D eigenvalue weighted by atomic mass is 32.1. The third-order valence-electron chi connectivity index (χ3n) is 3.14. The molecule has 0 radical (unpaired) electrons. The minimum Gasteiger partial charge on any atom is -0.393 e. The largest absolute Gasteiger partial charge is 0.393 e. The molecule has 1 rings (SSSR count). The molecule has 0 unspecified atom stereocenters. The van der Waals surface area contributed by atoms with Gasteiger partial charge in [0, 0.05) is 32.6 Å². The lowest BCUT2D eigenvalue weighted by atomic mass is 10.2. The molecule has 0 atom stereocenters. The average Bonchev–Trinajstić information content (AvgIpc) is 3.07. The van der Waals surface area contributed by atoms with Crippen molar-refractivity contribution in [2.75, 3.05) is 26.7 Å². The maximum Gasteiger partial charge on any atom is 0.236 e. The second kappa shape index (κ2) is 7.04. The predicted octanol–water partition coefficient (Wildman–Crippen LogP) is 1.24. The van der Waals surface area contributed by atoms with E-state index in [0.717, 1.165) is 25.9 Å². The summed E-state index contributed by atoms with van der Waals surface area (Å²) in [6.45, 7) is 6.48. The van der Waals surface area contributed by atoms with Gasteiger partial charge in [0.15, 0.2) is 0 Å². The number of carbonyl (C=O) groups excluding carboxylic acids is 1. The van der Waals surface area contributed by atoms with Crippen LogP contribution in [0, 0.1) is 5.92 Å². The number of amides is 1. The molecule has 0 aliphatic heterocycles. The molecule has 0 spiro atoms. The van der Waals surface area contributed by atoms with Crippen LogP contribution in [0.3, 0.4) is 0 Å². The Kier molecular flexibility index (Phi) is 6.02. The normalized spacial score (nSPS) is 15.2. The van der Waals surface area contributed by atoms with Crippen LogP contribution in [0.2, 0.25) is 0 Å². The van der Waals surface area contributed by atoms with E-state index in [4.69, 9.17) is 18.0 Å². The van der Waals surface area contributed by atoms with Crippen LogP contribution >= 0.6 is 12.2 Å². The third-order valence-corrected chi connectivity index (χ3v) is 3.35. The molecular weight excluding hydrogens is 246 g/mol. The second-order valence-corrected chi connectivity index (χ2v) is 6.11. The number of likely N-dealkylation sites (N-methyl/N-ethyl adjacent to an activating group) is 1. The van der Waals surface area contributed by atoms with Crippen molar-refractivity contribution in [3.05, 3.63) is 0 Å². The van der Waals surface area contributed by atoms with Gasteiger partial charge < -0.3 is 10.6 Å². The summed E-state index contributed by atoms with van der Waals surface area (Å²) in [5.74, 6) is 0.747. The monoisotopic (exact) mass is 271 g/mol. The molecule has 5 heteroatoms. The Morgan fingerprint density at radius 1 is 1.44 bits per heavy atom. The summed E-state index contributed by atoms with van der Waals surface area (Å²) in [7, 11) is 1.90. The number of hydrogen-bond acceptors (Lipinski definition) is 3. The zero-order valence-electron chi connectivity index (χ0n) is 11.7. The van der Waals surface area contributed by atoms with Crippen LogP contribution in [0.4, 0.5) is 0 Å². The Morgan fingerprint density at radius 3 is 2.50 bits per heavy atom. The van der Waals surface area contributed by atoms with Gasteiger partial charge in [-0.2, -0.15) is 0 Å². The minimum atomic E-state index is 0.209. The molecule has 2 N–H and O–H groups in total. The highest BCUT2D eigenvalue weighted by Crippen LogP contribution is 2.25. The molecule has 1 fully saturated rings. The topological polar surface area (TPSA) is 49.6 Å². The highest BCUT2D eigenvalue weighted by molar-refractivity contribution is 7.80. The lowest BCUT2D eigenvalue weighted by Crippen LogP contribution is -2.41. The van der Waals surface area contributed by atoms with Crippen molar-refractivity contribution in [3.8, 4) is 0 Å². The Balaban J connectivity index is 2.42. The predicted molar refractivity (Wildman–Crippen MR) is 78.5 cm³/mol. The maximum atomic E-state index is 12.1. The van der Waals surface area contributed by atoms with Crippen LogP contribution in [0.15, 0.2) is 0 Å².